The lowest BCUT2D eigenvalue weighted by atomic mass is 10.1. The van der Waals surface area contributed by atoms with E-state index in [4.69, 9.17) is 0 Å². The fourth-order valence-electron chi connectivity index (χ4n) is 3.78. The molecule has 0 bridgehead atoms. The minimum Gasteiger partial charge on any atom is -0.369 e. The molecule has 3 aromatic rings. The zero-order valence-corrected chi connectivity index (χ0v) is 15.9. The van der Waals surface area contributed by atoms with Gasteiger partial charge in [0.2, 0.25) is 0 Å². The van der Waals surface area contributed by atoms with Gasteiger partial charge < -0.3 is 20.5 Å². The number of hydrogen-bond acceptors (Lipinski definition) is 5. The summed E-state index contributed by atoms with van der Waals surface area (Å²) in [6.07, 6.45) is 6.35. The molecule has 3 aromatic heterocycles. The summed E-state index contributed by atoms with van der Waals surface area (Å²) in [6.45, 7) is 1.79. The lowest BCUT2D eigenvalue weighted by Crippen LogP contribution is -2.47. The van der Waals surface area contributed by atoms with Crippen LogP contribution in [0.5, 0.6) is 0 Å². The lowest BCUT2D eigenvalue weighted by Gasteiger charge is -2.29. The van der Waals surface area contributed by atoms with Crippen LogP contribution in [0.25, 0.3) is 10.2 Å². The number of thiophene rings is 1. The molecule has 7 nitrogen and oxygen atoms in total. The minimum atomic E-state index is -0.223. The van der Waals surface area contributed by atoms with Gasteiger partial charge in [-0.15, -0.1) is 11.3 Å². The molecule has 1 atom stereocenters. The average molecular weight is 393 g/mol. The second kappa shape index (κ2) is 6.79. The summed E-state index contributed by atoms with van der Waals surface area (Å²) < 4.78 is 1.06. The maximum Gasteiger partial charge on any atom is 0.268 e. The Kier molecular flexibility index (Phi) is 4.12. The summed E-state index contributed by atoms with van der Waals surface area (Å²) in [4.78, 5) is 34.8. The van der Waals surface area contributed by atoms with E-state index in [9.17, 15) is 9.59 Å². The maximum atomic E-state index is 13.1. The molecule has 2 aliphatic rings. The van der Waals surface area contributed by atoms with Gasteiger partial charge in [-0.25, -0.2) is 4.98 Å². The molecule has 142 valence electrons. The Balaban J connectivity index is 1.30. The molecule has 5 heterocycles. The van der Waals surface area contributed by atoms with E-state index in [1.807, 2.05) is 29.7 Å². The first kappa shape index (κ1) is 17.0. The first-order valence-electron chi connectivity index (χ1n) is 9.24. The van der Waals surface area contributed by atoms with Crippen molar-refractivity contribution in [2.75, 3.05) is 25.0 Å². The lowest BCUT2D eigenvalue weighted by molar-refractivity contribution is 0.0743. The van der Waals surface area contributed by atoms with Crippen molar-refractivity contribution >= 4 is 39.2 Å². The topological polar surface area (TPSA) is 90.1 Å². The number of carbonyl (C=O) groups excluding carboxylic acids is 2. The van der Waals surface area contributed by atoms with Crippen LogP contribution in [-0.4, -0.2) is 52.4 Å². The summed E-state index contributed by atoms with van der Waals surface area (Å²) in [5, 5.41) is 8.20. The highest BCUT2D eigenvalue weighted by Crippen LogP contribution is 2.25. The zero-order valence-electron chi connectivity index (χ0n) is 15.1. The first-order valence-corrected chi connectivity index (χ1v) is 10.1. The van der Waals surface area contributed by atoms with Crippen molar-refractivity contribution in [3.63, 3.8) is 0 Å². The predicted octanol–water partition coefficient (Wildman–Crippen LogP) is 2.40. The van der Waals surface area contributed by atoms with Crippen LogP contribution in [0.2, 0.25) is 0 Å². The first-order chi connectivity index (χ1) is 13.7. The molecule has 5 rings (SSSR count). The molecule has 28 heavy (non-hydrogen) atoms. The standard InChI is InChI=1S/C20H19N5O2S/c26-19(16-10-17-15(24-16)5-9-28-17)23-12-2-1-8-25(11-12)20(27)14-4-7-22-18-13(14)3-6-21-18/h1-2,4-5,7,9-10,12,24H,3,6,8,11H2,(H,21,22)(H,23,26). The molecular weight excluding hydrogens is 374 g/mol. The number of pyridine rings is 1. The highest BCUT2D eigenvalue weighted by molar-refractivity contribution is 7.17. The van der Waals surface area contributed by atoms with Crippen molar-refractivity contribution in [3.8, 4) is 0 Å². The van der Waals surface area contributed by atoms with Crippen LogP contribution >= 0.6 is 11.3 Å². The van der Waals surface area contributed by atoms with Crippen molar-refractivity contribution in [2.45, 2.75) is 12.5 Å². The third-order valence-corrected chi connectivity index (χ3v) is 6.02. The molecule has 2 amide bonds. The van der Waals surface area contributed by atoms with Gasteiger partial charge in [-0.05, 0) is 30.0 Å². The van der Waals surface area contributed by atoms with Crippen LogP contribution in [0.4, 0.5) is 5.82 Å². The van der Waals surface area contributed by atoms with Gasteiger partial charge in [0.25, 0.3) is 11.8 Å². The van der Waals surface area contributed by atoms with E-state index in [1.54, 1.807) is 28.5 Å². The molecule has 0 saturated heterocycles. The van der Waals surface area contributed by atoms with E-state index in [1.165, 1.54) is 0 Å². The Bertz CT molecular complexity index is 1070. The normalized spacial score (nSPS) is 18.1. The molecule has 3 N–H and O–H groups in total. The Hall–Kier alpha value is -3.13. The Morgan fingerprint density at radius 3 is 3.14 bits per heavy atom. The van der Waals surface area contributed by atoms with Crippen LogP contribution < -0.4 is 10.6 Å². The number of aromatic amines is 1. The van der Waals surface area contributed by atoms with Gasteiger partial charge >= 0.3 is 0 Å². The number of amides is 2. The Labute approximate surface area is 165 Å². The van der Waals surface area contributed by atoms with E-state index < -0.39 is 0 Å². The van der Waals surface area contributed by atoms with Crippen molar-refractivity contribution in [1.82, 2.24) is 20.2 Å². The van der Waals surface area contributed by atoms with Gasteiger partial charge in [0, 0.05) is 37.0 Å². The van der Waals surface area contributed by atoms with Crippen LogP contribution in [-0.2, 0) is 6.42 Å². The van der Waals surface area contributed by atoms with E-state index in [-0.39, 0.29) is 17.9 Å². The third-order valence-electron chi connectivity index (χ3n) is 5.15. The maximum absolute atomic E-state index is 13.1. The minimum absolute atomic E-state index is 0.0219. The SMILES string of the molecule is O=C(NC1C=CCN(C(=O)c2ccnc3c2CCN3)C1)c1cc2sccc2[nH]1. The van der Waals surface area contributed by atoms with E-state index in [0.29, 0.717) is 24.3 Å². The smallest absolute Gasteiger partial charge is 0.268 e. The van der Waals surface area contributed by atoms with Gasteiger partial charge in [0.1, 0.15) is 11.5 Å². The highest BCUT2D eigenvalue weighted by atomic mass is 32.1. The highest BCUT2D eigenvalue weighted by Gasteiger charge is 2.27. The Morgan fingerprint density at radius 1 is 1.32 bits per heavy atom. The van der Waals surface area contributed by atoms with Gasteiger partial charge in [-0.1, -0.05) is 12.2 Å². The molecule has 2 aliphatic heterocycles. The van der Waals surface area contributed by atoms with Crippen LogP contribution in [0.1, 0.15) is 26.4 Å². The second-order valence-electron chi connectivity index (χ2n) is 6.96. The van der Waals surface area contributed by atoms with Gasteiger partial charge in [-0.3, -0.25) is 9.59 Å². The number of fused-ring (bicyclic) bond motifs is 2. The van der Waals surface area contributed by atoms with Crippen molar-refractivity contribution < 1.29 is 9.59 Å². The Morgan fingerprint density at radius 2 is 2.25 bits per heavy atom. The van der Waals surface area contributed by atoms with Gasteiger partial charge in [0.05, 0.1) is 16.3 Å². The van der Waals surface area contributed by atoms with Crippen LogP contribution in [0.15, 0.2) is 41.9 Å². The number of hydrogen-bond donors (Lipinski definition) is 3. The molecule has 0 spiro atoms. The van der Waals surface area contributed by atoms with Crippen LogP contribution in [0.3, 0.4) is 0 Å². The van der Waals surface area contributed by atoms with Gasteiger partial charge in [0.15, 0.2) is 0 Å². The number of H-pyrrole nitrogens is 1. The monoisotopic (exact) mass is 393 g/mol. The zero-order chi connectivity index (χ0) is 19.1. The number of nitrogens with one attached hydrogen (secondary N) is 3. The molecule has 0 fully saturated rings. The fraction of sp³-hybridized carbons (Fsp3) is 0.250. The van der Waals surface area contributed by atoms with Crippen molar-refractivity contribution in [3.05, 3.63) is 58.7 Å². The molecular formula is C20H19N5O2S. The summed E-state index contributed by atoms with van der Waals surface area (Å²) in [6, 6.07) is 5.38. The second-order valence-corrected chi connectivity index (χ2v) is 7.91. The molecule has 1 unspecified atom stereocenters. The molecule has 0 saturated carbocycles. The molecule has 0 aliphatic carbocycles. The summed E-state index contributed by atoms with van der Waals surface area (Å²) in [5.41, 5.74) is 3.18. The van der Waals surface area contributed by atoms with E-state index in [2.05, 4.69) is 20.6 Å². The van der Waals surface area contributed by atoms with E-state index in [0.717, 1.165) is 34.6 Å². The van der Waals surface area contributed by atoms with Gasteiger partial charge in [-0.2, -0.15) is 0 Å². The largest absolute Gasteiger partial charge is 0.369 e. The number of anilines is 1. The third kappa shape index (κ3) is 2.95. The quantitative estimate of drug-likeness (QED) is 0.596. The summed E-state index contributed by atoms with van der Waals surface area (Å²) in [7, 11) is 0. The molecule has 0 aromatic carbocycles. The van der Waals surface area contributed by atoms with Crippen LogP contribution in [0, 0.1) is 0 Å². The fourth-order valence-corrected chi connectivity index (χ4v) is 4.56. The predicted molar refractivity (Wildman–Crippen MR) is 109 cm³/mol. The summed E-state index contributed by atoms with van der Waals surface area (Å²) in [5.74, 6) is 0.614. The summed E-state index contributed by atoms with van der Waals surface area (Å²) >= 11 is 1.59. The number of rotatable bonds is 3. The van der Waals surface area contributed by atoms with E-state index >= 15 is 0 Å². The van der Waals surface area contributed by atoms with Crippen molar-refractivity contribution in [1.29, 1.82) is 0 Å². The number of nitrogens with zero attached hydrogens (tertiary/aromatic N) is 2. The van der Waals surface area contributed by atoms with Crippen molar-refractivity contribution in [2.24, 2.45) is 0 Å². The number of carbonyl (C=O) groups is 2. The molecule has 0 radical (unpaired) electrons. The number of aromatic nitrogens is 2. The average Bonchev–Trinajstić information content (AvgIpc) is 3.42. The molecule has 8 heteroatoms.